The molecule has 0 spiro atoms. The summed E-state index contributed by atoms with van der Waals surface area (Å²) in [7, 11) is 3.81. The van der Waals surface area contributed by atoms with Gasteiger partial charge in [-0.05, 0) is 43.9 Å². The van der Waals surface area contributed by atoms with Gasteiger partial charge in [-0.15, -0.1) is 0 Å². The maximum atomic E-state index is 13.2. The molecule has 3 aromatic rings. The second-order valence-corrected chi connectivity index (χ2v) is 8.17. The van der Waals surface area contributed by atoms with Crippen LogP contribution in [-0.4, -0.2) is 36.4 Å². The van der Waals surface area contributed by atoms with Gasteiger partial charge in [-0.3, -0.25) is 14.2 Å². The summed E-state index contributed by atoms with van der Waals surface area (Å²) in [5.41, 5.74) is 4.97. The van der Waals surface area contributed by atoms with E-state index in [1.54, 1.807) is 10.7 Å². The third kappa shape index (κ3) is 2.66. The van der Waals surface area contributed by atoms with Gasteiger partial charge in [0.15, 0.2) is 0 Å². The number of aryl methyl sites for hydroxylation is 2. The van der Waals surface area contributed by atoms with E-state index in [4.69, 9.17) is 16.7 Å². The van der Waals surface area contributed by atoms with E-state index in [0.717, 1.165) is 47.7 Å². The molecule has 2 bridgehead atoms. The van der Waals surface area contributed by atoms with Gasteiger partial charge in [0, 0.05) is 42.5 Å². The van der Waals surface area contributed by atoms with Crippen LogP contribution in [0, 0.1) is 0 Å². The Morgan fingerprint density at radius 1 is 1.18 bits per heavy atom. The van der Waals surface area contributed by atoms with Crippen LogP contribution < -0.4 is 0 Å². The molecule has 0 saturated carbocycles. The molecule has 7 heteroatoms. The van der Waals surface area contributed by atoms with E-state index < -0.39 is 0 Å². The summed E-state index contributed by atoms with van der Waals surface area (Å²) < 4.78 is 3.62. The lowest BCUT2D eigenvalue weighted by Gasteiger charge is -2.45. The van der Waals surface area contributed by atoms with E-state index in [0.29, 0.717) is 5.69 Å². The van der Waals surface area contributed by atoms with Crippen LogP contribution in [0.4, 0.5) is 0 Å². The summed E-state index contributed by atoms with van der Waals surface area (Å²) in [6.07, 6.45) is 5.70. The molecule has 144 valence electrons. The largest absolute Gasteiger partial charge is 0.325 e. The van der Waals surface area contributed by atoms with Crippen molar-refractivity contribution in [2.45, 2.75) is 37.8 Å². The Kier molecular flexibility index (Phi) is 4.05. The zero-order valence-electron chi connectivity index (χ0n) is 16.0. The lowest BCUT2D eigenvalue weighted by Crippen LogP contribution is -2.50. The summed E-state index contributed by atoms with van der Waals surface area (Å²) in [6, 6.07) is 9.90. The Morgan fingerprint density at radius 3 is 2.79 bits per heavy atom. The van der Waals surface area contributed by atoms with E-state index in [9.17, 15) is 4.79 Å². The van der Waals surface area contributed by atoms with Gasteiger partial charge >= 0.3 is 0 Å². The van der Waals surface area contributed by atoms with Gasteiger partial charge in [0.1, 0.15) is 5.69 Å². The first kappa shape index (κ1) is 17.5. The SMILES string of the molecule is Cn1ccc(C(=O)N2[C@@H]3CCC[C@H]2c2nn(C)c(-c4cccc(Cl)c4)c2C3)n1. The first-order valence-electron chi connectivity index (χ1n) is 9.67. The molecule has 2 atom stereocenters. The summed E-state index contributed by atoms with van der Waals surface area (Å²) in [5, 5.41) is 9.92. The molecule has 0 N–H and O–H groups in total. The zero-order chi connectivity index (χ0) is 19.4. The Labute approximate surface area is 168 Å². The molecule has 0 radical (unpaired) electrons. The summed E-state index contributed by atoms with van der Waals surface area (Å²) >= 11 is 6.24. The van der Waals surface area contributed by atoms with Crippen molar-refractivity contribution in [3.05, 3.63) is 58.5 Å². The van der Waals surface area contributed by atoms with Crippen LogP contribution >= 0.6 is 11.6 Å². The van der Waals surface area contributed by atoms with Crippen molar-refractivity contribution >= 4 is 17.5 Å². The van der Waals surface area contributed by atoms with Crippen LogP contribution in [0.25, 0.3) is 11.3 Å². The molecule has 1 saturated heterocycles. The fourth-order valence-electron chi connectivity index (χ4n) is 4.81. The zero-order valence-corrected chi connectivity index (χ0v) is 16.7. The van der Waals surface area contributed by atoms with Crippen molar-refractivity contribution in [1.82, 2.24) is 24.5 Å². The second-order valence-electron chi connectivity index (χ2n) is 7.74. The number of nitrogens with zero attached hydrogens (tertiary/aromatic N) is 5. The standard InChI is InChI=1S/C21H22ClN5O/c1-25-10-9-17(23-25)21(28)27-15-7-4-8-18(27)19-16(12-15)20(26(2)24-19)13-5-3-6-14(22)11-13/h3,5-6,9-11,15,18H,4,7-8,12H2,1-2H3/t15-,18+/m1/s1. The molecule has 0 unspecified atom stereocenters. The third-order valence-corrected chi connectivity index (χ3v) is 6.18. The number of rotatable bonds is 2. The number of piperidine rings is 1. The predicted octanol–water partition coefficient (Wildman–Crippen LogP) is 3.77. The smallest absolute Gasteiger partial charge is 0.275 e. The van der Waals surface area contributed by atoms with Crippen LogP contribution in [0.3, 0.4) is 0 Å². The van der Waals surface area contributed by atoms with Gasteiger partial charge in [-0.25, -0.2) is 0 Å². The van der Waals surface area contributed by atoms with E-state index in [2.05, 4.69) is 11.2 Å². The van der Waals surface area contributed by atoms with Gasteiger partial charge < -0.3 is 4.90 Å². The van der Waals surface area contributed by atoms with Gasteiger partial charge in [-0.1, -0.05) is 23.7 Å². The molecule has 4 heterocycles. The number of hydrogen-bond donors (Lipinski definition) is 0. The number of carbonyl (C=O) groups is 1. The van der Waals surface area contributed by atoms with Crippen molar-refractivity contribution in [2.24, 2.45) is 14.1 Å². The monoisotopic (exact) mass is 395 g/mol. The molecule has 2 aromatic heterocycles. The van der Waals surface area contributed by atoms with Crippen LogP contribution in [-0.2, 0) is 20.5 Å². The lowest BCUT2D eigenvalue weighted by molar-refractivity contribution is 0.0385. The quantitative estimate of drug-likeness (QED) is 0.663. The summed E-state index contributed by atoms with van der Waals surface area (Å²) in [5.74, 6) is 0.0101. The van der Waals surface area contributed by atoms with Crippen molar-refractivity contribution in [3.63, 3.8) is 0 Å². The van der Waals surface area contributed by atoms with E-state index in [1.807, 2.05) is 48.1 Å². The molecule has 28 heavy (non-hydrogen) atoms. The number of halogens is 1. The highest BCUT2D eigenvalue weighted by atomic mass is 35.5. The second kappa shape index (κ2) is 6.48. The number of aromatic nitrogens is 4. The third-order valence-electron chi connectivity index (χ3n) is 5.94. The maximum absolute atomic E-state index is 13.2. The highest BCUT2D eigenvalue weighted by molar-refractivity contribution is 6.30. The Hall–Kier alpha value is -2.60. The molecular weight excluding hydrogens is 374 g/mol. The Morgan fingerprint density at radius 2 is 2.04 bits per heavy atom. The number of amides is 1. The molecular formula is C21H22ClN5O. The minimum absolute atomic E-state index is 0.0101. The van der Waals surface area contributed by atoms with Crippen LogP contribution in [0.2, 0.25) is 5.02 Å². The van der Waals surface area contributed by atoms with Crippen LogP contribution in [0.15, 0.2) is 36.5 Å². The molecule has 2 aliphatic heterocycles. The van der Waals surface area contributed by atoms with Gasteiger partial charge in [0.2, 0.25) is 0 Å². The number of fused-ring (bicyclic) bond motifs is 4. The van der Waals surface area contributed by atoms with Gasteiger partial charge in [0.05, 0.1) is 17.4 Å². The van der Waals surface area contributed by atoms with Crippen molar-refractivity contribution < 1.29 is 4.79 Å². The molecule has 2 aliphatic rings. The average Bonchev–Trinajstić information content (AvgIpc) is 3.24. The van der Waals surface area contributed by atoms with E-state index >= 15 is 0 Å². The lowest BCUT2D eigenvalue weighted by atomic mass is 9.81. The van der Waals surface area contributed by atoms with Gasteiger partial charge in [0.25, 0.3) is 5.91 Å². The van der Waals surface area contributed by atoms with E-state index in [-0.39, 0.29) is 18.0 Å². The minimum atomic E-state index is 0.0101. The molecule has 1 aromatic carbocycles. The molecule has 1 fully saturated rings. The summed E-state index contributed by atoms with van der Waals surface area (Å²) in [6.45, 7) is 0. The predicted molar refractivity (Wildman–Crippen MR) is 107 cm³/mol. The van der Waals surface area contributed by atoms with Crippen molar-refractivity contribution in [2.75, 3.05) is 0 Å². The number of hydrogen-bond acceptors (Lipinski definition) is 3. The fourth-order valence-corrected chi connectivity index (χ4v) is 5.00. The molecule has 1 amide bonds. The van der Waals surface area contributed by atoms with Gasteiger partial charge in [-0.2, -0.15) is 10.2 Å². The average molecular weight is 396 g/mol. The Balaban J connectivity index is 1.59. The number of benzene rings is 1. The highest BCUT2D eigenvalue weighted by Gasteiger charge is 2.43. The van der Waals surface area contributed by atoms with Crippen molar-refractivity contribution in [3.8, 4) is 11.3 Å². The minimum Gasteiger partial charge on any atom is -0.325 e. The number of carbonyl (C=O) groups excluding carboxylic acids is 1. The molecule has 6 nitrogen and oxygen atoms in total. The highest BCUT2D eigenvalue weighted by Crippen LogP contribution is 2.45. The summed E-state index contributed by atoms with van der Waals surface area (Å²) in [4.78, 5) is 15.3. The maximum Gasteiger partial charge on any atom is 0.275 e. The fraction of sp³-hybridized carbons (Fsp3) is 0.381. The van der Waals surface area contributed by atoms with Crippen LogP contribution in [0.5, 0.6) is 0 Å². The van der Waals surface area contributed by atoms with E-state index in [1.165, 1.54) is 5.56 Å². The normalized spacial score (nSPS) is 20.9. The molecule has 0 aliphatic carbocycles. The Bertz CT molecular complexity index is 1070. The first-order valence-corrected chi connectivity index (χ1v) is 10.0. The topological polar surface area (TPSA) is 56.0 Å². The first-order chi connectivity index (χ1) is 13.5. The molecule has 5 rings (SSSR count). The van der Waals surface area contributed by atoms with Crippen LogP contribution in [0.1, 0.15) is 47.1 Å². The van der Waals surface area contributed by atoms with Crippen molar-refractivity contribution in [1.29, 1.82) is 0 Å².